The number of ether oxygens (including phenoxy) is 2. The molecule has 1 aliphatic rings. The van der Waals surface area contributed by atoms with Crippen LogP contribution >= 0.6 is 11.6 Å². The fourth-order valence-electron chi connectivity index (χ4n) is 4.04. The monoisotopic (exact) mass is 430 g/mol. The molecule has 6 nitrogen and oxygen atoms in total. The highest BCUT2D eigenvalue weighted by molar-refractivity contribution is 6.34. The van der Waals surface area contributed by atoms with Crippen molar-refractivity contribution in [2.24, 2.45) is 0 Å². The molecule has 0 atom stereocenters. The van der Waals surface area contributed by atoms with Gasteiger partial charge in [0.15, 0.2) is 11.5 Å². The quantitative estimate of drug-likeness (QED) is 0.675. The minimum Gasteiger partial charge on any atom is -0.493 e. The van der Waals surface area contributed by atoms with E-state index in [2.05, 4.69) is 10.6 Å². The zero-order valence-electron chi connectivity index (χ0n) is 17.5. The minimum absolute atomic E-state index is 0.0888. The van der Waals surface area contributed by atoms with E-state index in [1.54, 1.807) is 32.4 Å². The van der Waals surface area contributed by atoms with E-state index in [9.17, 15) is 9.59 Å². The Balaban J connectivity index is 1.88. The number of rotatable bonds is 7. The van der Waals surface area contributed by atoms with Gasteiger partial charge in [0, 0.05) is 12.2 Å². The fraction of sp³-hybridized carbons (Fsp3) is 0.391. The minimum atomic E-state index is -0.649. The average Bonchev–Trinajstić information content (AvgIpc) is 3.24. The maximum Gasteiger partial charge on any atom is 0.252 e. The van der Waals surface area contributed by atoms with E-state index in [-0.39, 0.29) is 11.8 Å². The summed E-state index contributed by atoms with van der Waals surface area (Å²) >= 11 is 6.29. The number of nitrogens with one attached hydrogen (secondary N) is 2. The lowest BCUT2D eigenvalue weighted by molar-refractivity contribution is -0.121. The summed E-state index contributed by atoms with van der Waals surface area (Å²) in [6.45, 7) is 2.36. The molecule has 1 fully saturated rings. The van der Waals surface area contributed by atoms with Crippen LogP contribution in [0.5, 0.6) is 11.5 Å². The molecule has 2 aromatic rings. The lowest BCUT2D eigenvalue weighted by Crippen LogP contribution is -2.38. The van der Waals surface area contributed by atoms with Gasteiger partial charge >= 0.3 is 0 Å². The zero-order chi connectivity index (χ0) is 21.7. The van der Waals surface area contributed by atoms with Gasteiger partial charge in [-0.3, -0.25) is 9.59 Å². The molecule has 2 aromatic carbocycles. The molecule has 0 unspecified atom stereocenters. The first-order valence-electron chi connectivity index (χ1n) is 10.1. The van der Waals surface area contributed by atoms with Crippen LogP contribution in [0.1, 0.15) is 48.5 Å². The van der Waals surface area contributed by atoms with Crippen molar-refractivity contribution >= 4 is 29.1 Å². The Morgan fingerprint density at radius 3 is 2.33 bits per heavy atom. The fourth-order valence-corrected chi connectivity index (χ4v) is 4.31. The van der Waals surface area contributed by atoms with E-state index in [1.165, 1.54) is 0 Å². The molecular formula is C23H27ClN2O4. The third-order valence-corrected chi connectivity index (χ3v) is 5.95. The third-order valence-electron chi connectivity index (χ3n) is 5.64. The Kier molecular flexibility index (Phi) is 6.87. The van der Waals surface area contributed by atoms with Gasteiger partial charge in [0.2, 0.25) is 5.91 Å². The summed E-state index contributed by atoms with van der Waals surface area (Å²) in [5.41, 5.74) is 1.20. The number of amides is 2. The standard InChI is InChI=1S/C23H27ClN2O4/c1-4-25-21(27)17-9-8-16(14-18(17)24)26-22(28)23(11-5-6-12-23)15-7-10-19(29-2)20(13-15)30-3/h7-10,13-14H,4-6,11-12H2,1-3H3,(H,25,27)(H,26,28). The molecule has 1 saturated carbocycles. The average molecular weight is 431 g/mol. The molecule has 0 radical (unpaired) electrons. The second-order valence-corrected chi connectivity index (χ2v) is 7.77. The van der Waals surface area contributed by atoms with E-state index in [4.69, 9.17) is 21.1 Å². The van der Waals surface area contributed by atoms with Crippen molar-refractivity contribution in [3.8, 4) is 11.5 Å². The number of halogens is 1. The summed E-state index contributed by atoms with van der Waals surface area (Å²) < 4.78 is 10.8. The maximum absolute atomic E-state index is 13.4. The largest absolute Gasteiger partial charge is 0.493 e. The van der Waals surface area contributed by atoms with Crippen LogP contribution in [0.25, 0.3) is 0 Å². The van der Waals surface area contributed by atoms with Crippen molar-refractivity contribution in [2.45, 2.75) is 38.0 Å². The molecule has 0 spiro atoms. The molecule has 2 amide bonds. The van der Waals surface area contributed by atoms with Crippen molar-refractivity contribution in [1.29, 1.82) is 0 Å². The Labute approximate surface area is 181 Å². The molecule has 0 aromatic heterocycles. The summed E-state index contributed by atoms with van der Waals surface area (Å²) in [5, 5.41) is 6.02. The predicted molar refractivity (Wildman–Crippen MR) is 118 cm³/mol. The van der Waals surface area contributed by atoms with Crippen molar-refractivity contribution in [1.82, 2.24) is 5.32 Å². The number of carbonyl (C=O) groups is 2. The van der Waals surface area contributed by atoms with Crippen LogP contribution in [-0.4, -0.2) is 32.6 Å². The molecule has 160 valence electrons. The molecule has 3 rings (SSSR count). The van der Waals surface area contributed by atoms with Gasteiger partial charge in [0.05, 0.1) is 30.2 Å². The van der Waals surface area contributed by atoms with Gasteiger partial charge in [-0.2, -0.15) is 0 Å². The topological polar surface area (TPSA) is 76.7 Å². The van der Waals surface area contributed by atoms with Gasteiger partial charge in [-0.1, -0.05) is 30.5 Å². The second kappa shape index (κ2) is 9.39. The van der Waals surface area contributed by atoms with Crippen molar-refractivity contribution in [3.05, 3.63) is 52.5 Å². The molecule has 0 bridgehead atoms. The van der Waals surface area contributed by atoms with Gasteiger partial charge in [-0.05, 0) is 55.7 Å². The van der Waals surface area contributed by atoms with E-state index in [0.717, 1.165) is 31.2 Å². The smallest absolute Gasteiger partial charge is 0.252 e. The van der Waals surface area contributed by atoms with Gasteiger partial charge < -0.3 is 20.1 Å². The van der Waals surface area contributed by atoms with Crippen LogP contribution in [0.4, 0.5) is 5.69 Å². The molecule has 0 heterocycles. The summed E-state index contributed by atoms with van der Waals surface area (Å²) in [4.78, 5) is 25.5. The number of benzene rings is 2. The van der Waals surface area contributed by atoms with Crippen LogP contribution < -0.4 is 20.1 Å². The van der Waals surface area contributed by atoms with E-state index >= 15 is 0 Å². The highest BCUT2D eigenvalue weighted by Gasteiger charge is 2.43. The van der Waals surface area contributed by atoms with Crippen LogP contribution in [0, 0.1) is 0 Å². The van der Waals surface area contributed by atoms with Crippen LogP contribution in [0.2, 0.25) is 5.02 Å². The third kappa shape index (κ3) is 4.24. The number of hydrogen-bond acceptors (Lipinski definition) is 4. The van der Waals surface area contributed by atoms with Gasteiger partial charge in [0.1, 0.15) is 0 Å². The molecule has 2 N–H and O–H groups in total. The van der Waals surface area contributed by atoms with E-state index in [0.29, 0.717) is 34.3 Å². The predicted octanol–water partition coefficient (Wildman–Crippen LogP) is 4.56. The molecule has 0 aliphatic heterocycles. The summed E-state index contributed by atoms with van der Waals surface area (Å²) in [6, 6.07) is 10.6. The summed E-state index contributed by atoms with van der Waals surface area (Å²) in [7, 11) is 3.17. The molecule has 30 heavy (non-hydrogen) atoms. The first kappa shape index (κ1) is 22.0. The van der Waals surface area contributed by atoms with Crippen molar-refractivity contribution in [3.63, 3.8) is 0 Å². The highest BCUT2D eigenvalue weighted by atomic mass is 35.5. The Morgan fingerprint density at radius 2 is 1.73 bits per heavy atom. The van der Waals surface area contributed by atoms with Gasteiger partial charge in [-0.15, -0.1) is 0 Å². The number of methoxy groups -OCH3 is 2. The molecule has 0 saturated heterocycles. The van der Waals surface area contributed by atoms with Crippen LogP contribution in [0.15, 0.2) is 36.4 Å². The first-order chi connectivity index (χ1) is 14.4. The van der Waals surface area contributed by atoms with E-state index < -0.39 is 5.41 Å². The number of hydrogen-bond donors (Lipinski definition) is 2. The Bertz CT molecular complexity index is 939. The normalized spacial score (nSPS) is 14.8. The molecule has 7 heteroatoms. The zero-order valence-corrected chi connectivity index (χ0v) is 18.3. The Morgan fingerprint density at radius 1 is 1.03 bits per heavy atom. The van der Waals surface area contributed by atoms with Crippen LogP contribution in [0.3, 0.4) is 0 Å². The van der Waals surface area contributed by atoms with Gasteiger partial charge in [-0.25, -0.2) is 0 Å². The Hall–Kier alpha value is -2.73. The maximum atomic E-state index is 13.4. The molecule has 1 aliphatic carbocycles. The van der Waals surface area contributed by atoms with E-state index in [1.807, 2.05) is 25.1 Å². The first-order valence-corrected chi connectivity index (χ1v) is 10.4. The summed E-state index contributed by atoms with van der Waals surface area (Å²) in [6.07, 6.45) is 3.44. The van der Waals surface area contributed by atoms with Crippen molar-refractivity contribution < 1.29 is 19.1 Å². The number of carbonyl (C=O) groups excluding carboxylic acids is 2. The van der Waals surface area contributed by atoms with Crippen LogP contribution in [-0.2, 0) is 10.2 Å². The molecular weight excluding hydrogens is 404 g/mol. The number of anilines is 1. The summed E-state index contributed by atoms with van der Waals surface area (Å²) in [5.74, 6) is 0.901. The van der Waals surface area contributed by atoms with Crippen molar-refractivity contribution in [2.75, 3.05) is 26.1 Å². The SMILES string of the molecule is CCNC(=O)c1ccc(NC(=O)C2(c3ccc(OC)c(OC)c3)CCCC2)cc1Cl. The highest BCUT2D eigenvalue weighted by Crippen LogP contribution is 2.44. The lowest BCUT2D eigenvalue weighted by Gasteiger charge is -2.29. The van der Waals surface area contributed by atoms with Gasteiger partial charge in [0.25, 0.3) is 5.91 Å². The second-order valence-electron chi connectivity index (χ2n) is 7.37. The lowest BCUT2D eigenvalue weighted by atomic mass is 9.77.